The van der Waals surface area contributed by atoms with Crippen LogP contribution in [0.5, 0.6) is 0 Å². The summed E-state index contributed by atoms with van der Waals surface area (Å²) in [5.41, 5.74) is -1.21. The highest BCUT2D eigenvalue weighted by Gasteiger charge is 2.68. The smallest absolute Gasteiger partial charge is 0.187 e. The van der Waals surface area contributed by atoms with Crippen LogP contribution in [0.15, 0.2) is 11.6 Å². The lowest BCUT2D eigenvalue weighted by Gasteiger charge is -2.66. The third kappa shape index (κ3) is 12.8. The van der Waals surface area contributed by atoms with E-state index in [2.05, 4.69) is 47.6 Å². The third-order valence-electron chi connectivity index (χ3n) is 22.8. The van der Waals surface area contributed by atoms with Crippen LogP contribution in [0, 0.1) is 45.3 Å². The van der Waals surface area contributed by atoms with Crippen molar-refractivity contribution < 1.29 is 139 Å². The average molecular weight is 1270 g/mol. The van der Waals surface area contributed by atoms with E-state index in [0.29, 0.717) is 18.8 Å². The Kier molecular flexibility index (Phi) is 22.1. The molecule has 510 valence electrons. The van der Waals surface area contributed by atoms with Crippen LogP contribution in [0.2, 0.25) is 0 Å². The Morgan fingerprint density at radius 3 is 1.51 bits per heavy atom. The van der Waals surface area contributed by atoms with Crippen LogP contribution in [0.1, 0.15) is 113 Å². The molecule has 18 N–H and O–H groups in total. The molecule has 0 radical (unpaired) electrons. The maximum absolute atomic E-state index is 11.8. The van der Waals surface area contributed by atoms with E-state index in [1.54, 1.807) is 13.8 Å². The van der Waals surface area contributed by atoms with Crippen molar-refractivity contribution in [3.8, 4) is 0 Å². The first-order valence-electron chi connectivity index (χ1n) is 31.5. The third-order valence-corrected chi connectivity index (χ3v) is 22.8. The molecule has 0 unspecified atom stereocenters. The zero-order valence-electron chi connectivity index (χ0n) is 51.5. The normalized spacial score (nSPS) is 51.4. The Bertz CT molecular complexity index is 2310. The Morgan fingerprint density at radius 1 is 0.500 bits per heavy atom. The topological polar surface area (TPSA) is 456 Å². The van der Waals surface area contributed by atoms with Gasteiger partial charge in [-0.2, -0.15) is 0 Å². The zero-order chi connectivity index (χ0) is 64.7. The van der Waals surface area contributed by atoms with Crippen LogP contribution in [-0.4, -0.2) is 296 Å². The quantitative estimate of drug-likeness (QED) is 0.0512. The van der Waals surface area contributed by atoms with Crippen molar-refractivity contribution in [1.29, 1.82) is 0 Å². The first kappa shape index (κ1) is 70.9. The lowest BCUT2D eigenvalue weighted by Crippen LogP contribution is -2.65. The summed E-state index contributed by atoms with van der Waals surface area (Å²) in [6, 6.07) is 0. The van der Waals surface area contributed by atoms with Gasteiger partial charge in [-0.1, -0.05) is 53.2 Å². The van der Waals surface area contributed by atoms with Crippen molar-refractivity contribution in [2.75, 3.05) is 33.0 Å². The Labute approximate surface area is 512 Å². The van der Waals surface area contributed by atoms with Gasteiger partial charge in [-0.25, -0.2) is 0 Å². The zero-order valence-corrected chi connectivity index (χ0v) is 51.5. The van der Waals surface area contributed by atoms with Gasteiger partial charge in [0.1, 0.15) is 122 Å². The number of ether oxygens (including phenoxy) is 10. The summed E-state index contributed by atoms with van der Waals surface area (Å²) in [5, 5.41) is 193. The molecule has 9 rings (SSSR count). The largest absolute Gasteiger partial charge is 0.394 e. The van der Waals surface area contributed by atoms with Gasteiger partial charge in [0.15, 0.2) is 31.5 Å². The van der Waals surface area contributed by atoms with E-state index in [1.807, 2.05) is 0 Å². The van der Waals surface area contributed by atoms with Crippen molar-refractivity contribution in [3.63, 3.8) is 0 Å². The molecule has 9 aliphatic rings. The molecule has 34 atom stereocenters. The number of aliphatic hydroxyl groups is 18. The number of rotatable bonds is 20. The van der Waals surface area contributed by atoms with Crippen molar-refractivity contribution in [2.45, 2.75) is 285 Å². The van der Waals surface area contributed by atoms with Crippen molar-refractivity contribution >= 4 is 0 Å². The maximum Gasteiger partial charge on any atom is 0.187 e. The first-order valence-corrected chi connectivity index (χ1v) is 31.5. The predicted octanol–water partition coefficient (Wildman–Crippen LogP) is -4.38. The predicted molar refractivity (Wildman–Crippen MR) is 299 cm³/mol. The first-order chi connectivity index (χ1) is 41.2. The Balaban J connectivity index is 0.872. The lowest BCUT2D eigenvalue weighted by molar-refractivity contribution is -0.380. The Morgan fingerprint density at radius 2 is 0.966 bits per heavy atom. The Hall–Kier alpha value is -1.38. The van der Waals surface area contributed by atoms with Gasteiger partial charge < -0.3 is 139 Å². The number of fused-ring (bicyclic) bond motifs is 5. The number of allylic oxidation sites excluding steroid dienone is 1. The van der Waals surface area contributed by atoms with Crippen molar-refractivity contribution in [2.24, 2.45) is 45.3 Å². The highest BCUT2D eigenvalue weighted by Crippen LogP contribution is 2.75. The minimum absolute atomic E-state index is 0.0854. The van der Waals surface area contributed by atoms with Crippen LogP contribution in [-0.2, 0) is 47.4 Å². The molecule has 0 aromatic heterocycles. The molecule has 3 saturated carbocycles. The van der Waals surface area contributed by atoms with E-state index in [-0.39, 0.29) is 40.4 Å². The van der Waals surface area contributed by atoms with Gasteiger partial charge in [0, 0.05) is 5.41 Å². The van der Waals surface area contributed by atoms with Crippen LogP contribution in [0.25, 0.3) is 0 Å². The van der Waals surface area contributed by atoms with Crippen LogP contribution in [0.3, 0.4) is 0 Å². The molecule has 88 heavy (non-hydrogen) atoms. The van der Waals surface area contributed by atoms with Crippen LogP contribution in [0.4, 0.5) is 0 Å². The second-order valence-corrected chi connectivity index (χ2v) is 28.6. The lowest BCUT2D eigenvalue weighted by atomic mass is 9.39. The van der Waals surface area contributed by atoms with E-state index >= 15 is 0 Å². The van der Waals surface area contributed by atoms with Gasteiger partial charge in [0.25, 0.3) is 0 Å². The minimum Gasteiger partial charge on any atom is -0.394 e. The highest BCUT2D eigenvalue weighted by molar-refractivity contribution is 5.30. The standard InChI is InChI=1S/C60H102O28/c1-24(9-13-35(57(4,5)78)86-55-50(88-54-47(76)42(71)38(67)30(21-63)82-54)43(72)39(68)32(84-55)23-79-51-45(74)40(69)36(65)28(19-61)80-51)25-15-16-60(8)33-12-10-26-27(58(33,6)17-18-59(25,60)7)11-14-34(56(26,2)3)85-52-48(77)44(73)49(31(22-64)83-52)87-53-46(75)41(70)37(66)29(20-62)81-53/h10,24-25,27-55,61-78H,9,11-23H2,1-8H3/t24-,25-,27-,28-,29-,30-,31-,32-,33+,34+,35-,36-,37-,38-,39-,40+,41+,42+,43+,44-,45-,46-,47-,48-,49-,50-,51-,52+,53+,54+,55+,58+,59-,60+/m1/s1. The molecule has 5 heterocycles. The summed E-state index contributed by atoms with van der Waals surface area (Å²) in [7, 11) is 0. The monoisotopic (exact) mass is 1270 g/mol. The molecule has 4 aliphatic carbocycles. The van der Waals surface area contributed by atoms with Crippen LogP contribution < -0.4 is 0 Å². The summed E-state index contributed by atoms with van der Waals surface area (Å²) in [6.07, 6.45) is -33.8. The van der Waals surface area contributed by atoms with Gasteiger partial charge in [-0.05, 0) is 112 Å². The second-order valence-electron chi connectivity index (χ2n) is 28.6. The maximum atomic E-state index is 11.8. The van der Waals surface area contributed by atoms with Gasteiger partial charge in [-0.15, -0.1) is 0 Å². The molecule has 28 heteroatoms. The van der Waals surface area contributed by atoms with Gasteiger partial charge in [-0.3, -0.25) is 0 Å². The van der Waals surface area contributed by atoms with E-state index in [4.69, 9.17) is 47.4 Å². The molecular formula is C60H102O28. The summed E-state index contributed by atoms with van der Waals surface area (Å²) >= 11 is 0. The fourth-order valence-electron chi connectivity index (χ4n) is 17.1. The molecule has 0 spiro atoms. The van der Waals surface area contributed by atoms with E-state index in [0.717, 1.165) is 38.5 Å². The summed E-state index contributed by atoms with van der Waals surface area (Å²) < 4.78 is 59.7. The summed E-state index contributed by atoms with van der Waals surface area (Å²) in [5.74, 6) is 0.828. The van der Waals surface area contributed by atoms with E-state index in [9.17, 15) is 91.9 Å². The fourth-order valence-corrected chi connectivity index (χ4v) is 17.1. The number of hydrogen-bond donors (Lipinski definition) is 18. The average Bonchev–Trinajstić information content (AvgIpc) is 1.34. The molecule has 0 amide bonds. The highest BCUT2D eigenvalue weighted by atomic mass is 16.8. The minimum atomic E-state index is -1.93. The molecular weight excluding hydrogens is 1170 g/mol. The van der Waals surface area contributed by atoms with Crippen LogP contribution >= 0.6 is 0 Å². The number of aliphatic hydroxyl groups excluding tert-OH is 17. The van der Waals surface area contributed by atoms with Crippen molar-refractivity contribution in [1.82, 2.24) is 0 Å². The molecule has 8 fully saturated rings. The van der Waals surface area contributed by atoms with Gasteiger partial charge >= 0.3 is 0 Å². The molecule has 5 aliphatic heterocycles. The SMILES string of the molecule is C[C@H](CC[C@@H](O[C@@H]1O[C@H](CO[C@@H]2O[C@H](CO)[C@@H](O)[C@H](O)[C@H]2O)[C@@H](O)[C@H](O)[C@H]1O[C@@H]1O[C@H](CO)[C@@H](O)[C@H](O)[C@H]1O)C(C)(C)O)[C@H]1CC[C@@]2(C)[C@H]3CC=C4[C@@H](CC[C@H](O[C@@H]5O[C@H](CO)[C@@H](O[C@@H]6O[C@H](CO)[C@@H](O)[C@H](O)[C@H]6O)[C@H](O)[C@H]5O)C4(C)C)[C@]3(C)CC[C@]12C. The fraction of sp³-hybridized carbons (Fsp3) is 0.967. The molecule has 0 aromatic carbocycles. The molecule has 0 aromatic rings. The van der Waals surface area contributed by atoms with Gasteiger partial charge in [0.05, 0.1) is 50.8 Å². The summed E-state index contributed by atoms with van der Waals surface area (Å²) in [4.78, 5) is 0. The molecule has 0 bridgehead atoms. The second kappa shape index (κ2) is 27.4. The van der Waals surface area contributed by atoms with E-state index in [1.165, 1.54) is 5.57 Å². The molecule has 5 saturated heterocycles. The van der Waals surface area contributed by atoms with Crippen molar-refractivity contribution in [3.05, 3.63) is 11.6 Å². The summed E-state index contributed by atoms with van der Waals surface area (Å²) in [6.45, 7) is 13.2. The van der Waals surface area contributed by atoms with Gasteiger partial charge in [0.2, 0.25) is 0 Å². The van der Waals surface area contributed by atoms with E-state index < -0.39 is 210 Å². The number of hydrogen-bond acceptors (Lipinski definition) is 28. The molecule has 28 nitrogen and oxygen atoms in total.